The van der Waals surface area contributed by atoms with Gasteiger partial charge < -0.3 is 16.0 Å². The number of aryl methyl sites for hydroxylation is 2. The predicted molar refractivity (Wildman–Crippen MR) is 148 cm³/mol. The fourth-order valence-corrected chi connectivity index (χ4v) is 3.90. The first kappa shape index (κ1) is 23.8. The van der Waals surface area contributed by atoms with Gasteiger partial charge in [-0.1, -0.05) is 24.3 Å². The van der Waals surface area contributed by atoms with Crippen LogP contribution in [0.15, 0.2) is 122 Å². The molecule has 3 aromatic carbocycles. The standard InChI is InChI=1S/C31H27N5O/c1-35-19-15-29(16-20-35)32-26-9-7-24(8-10-26)23-3-5-25(6-4-23)31(37)34-28-13-11-27(12-14-28)33-30-17-21-36(2)22-18-30/h3-22H,1-2H3,(H,34,37)/p+2. The first-order chi connectivity index (χ1) is 18.0. The van der Waals surface area contributed by atoms with Crippen molar-refractivity contribution in [1.82, 2.24) is 0 Å². The maximum atomic E-state index is 12.8. The second-order valence-electron chi connectivity index (χ2n) is 8.94. The molecule has 3 N–H and O–H groups in total. The van der Waals surface area contributed by atoms with Gasteiger partial charge in [0.15, 0.2) is 24.8 Å². The lowest BCUT2D eigenvalue weighted by atomic mass is 10.0. The summed E-state index contributed by atoms with van der Waals surface area (Å²) >= 11 is 0. The third-order valence-corrected chi connectivity index (χ3v) is 6.04. The third kappa shape index (κ3) is 6.18. The number of anilines is 5. The number of carbonyl (C=O) groups excluding carboxylic acids is 1. The van der Waals surface area contributed by atoms with Gasteiger partial charge in [-0.15, -0.1) is 0 Å². The van der Waals surface area contributed by atoms with Gasteiger partial charge in [0.05, 0.1) is 11.4 Å². The highest BCUT2D eigenvalue weighted by Crippen LogP contribution is 2.24. The molecule has 0 unspecified atom stereocenters. The molecule has 0 aliphatic heterocycles. The molecule has 0 atom stereocenters. The van der Waals surface area contributed by atoms with Crippen molar-refractivity contribution in [3.63, 3.8) is 0 Å². The first-order valence-electron chi connectivity index (χ1n) is 12.1. The number of nitrogens with one attached hydrogen (secondary N) is 3. The minimum absolute atomic E-state index is 0.140. The number of hydrogen-bond acceptors (Lipinski definition) is 3. The SMILES string of the molecule is C[n+]1ccc(Nc2ccc(NC(=O)c3ccc(-c4ccc(Nc5cc[n+](C)cc5)cc4)cc3)cc2)cc1. The van der Waals surface area contributed by atoms with E-state index in [0.29, 0.717) is 5.56 Å². The summed E-state index contributed by atoms with van der Waals surface area (Å²) in [6.45, 7) is 0. The number of benzene rings is 3. The number of carbonyl (C=O) groups is 1. The second-order valence-corrected chi connectivity index (χ2v) is 8.94. The van der Waals surface area contributed by atoms with E-state index in [4.69, 9.17) is 0 Å². The van der Waals surface area contributed by atoms with Crippen LogP contribution in [0, 0.1) is 0 Å². The van der Waals surface area contributed by atoms with Gasteiger partial charge in [-0.05, 0) is 59.7 Å². The lowest BCUT2D eigenvalue weighted by Crippen LogP contribution is -2.25. The number of rotatable bonds is 7. The molecule has 6 heteroatoms. The molecule has 0 saturated heterocycles. The van der Waals surface area contributed by atoms with E-state index in [1.165, 1.54) is 0 Å². The maximum Gasteiger partial charge on any atom is 0.255 e. The molecular weight excluding hydrogens is 458 g/mol. The molecule has 37 heavy (non-hydrogen) atoms. The Hall–Kier alpha value is -4.97. The molecule has 2 heterocycles. The zero-order valence-electron chi connectivity index (χ0n) is 20.8. The van der Waals surface area contributed by atoms with E-state index in [-0.39, 0.29) is 5.91 Å². The van der Waals surface area contributed by atoms with E-state index < -0.39 is 0 Å². The highest BCUT2D eigenvalue weighted by Gasteiger charge is 2.08. The van der Waals surface area contributed by atoms with Gasteiger partial charge in [-0.25, -0.2) is 9.13 Å². The molecule has 182 valence electrons. The van der Waals surface area contributed by atoms with Gasteiger partial charge >= 0.3 is 0 Å². The largest absolute Gasteiger partial charge is 0.355 e. The van der Waals surface area contributed by atoms with Crippen LogP contribution in [0.1, 0.15) is 10.4 Å². The Labute approximate surface area is 216 Å². The number of nitrogens with zero attached hydrogens (tertiary/aromatic N) is 2. The van der Waals surface area contributed by atoms with Crippen molar-refractivity contribution in [1.29, 1.82) is 0 Å². The molecule has 2 aromatic heterocycles. The summed E-state index contributed by atoms with van der Waals surface area (Å²) in [7, 11) is 3.98. The van der Waals surface area contributed by atoms with E-state index >= 15 is 0 Å². The number of hydrogen-bond donors (Lipinski definition) is 3. The normalized spacial score (nSPS) is 10.5. The molecule has 0 aliphatic rings. The molecule has 5 rings (SSSR count). The zero-order chi connectivity index (χ0) is 25.6. The average Bonchev–Trinajstić information content (AvgIpc) is 2.93. The molecular formula is C31H29N5O+2. The molecule has 0 aliphatic carbocycles. The van der Waals surface area contributed by atoms with Gasteiger partial charge in [0.2, 0.25) is 0 Å². The second kappa shape index (κ2) is 10.7. The third-order valence-electron chi connectivity index (χ3n) is 6.04. The van der Waals surface area contributed by atoms with Gasteiger partial charge in [0, 0.05) is 46.9 Å². The smallest absolute Gasteiger partial charge is 0.255 e. The first-order valence-corrected chi connectivity index (χ1v) is 12.1. The van der Waals surface area contributed by atoms with Gasteiger partial charge in [-0.2, -0.15) is 0 Å². The molecule has 0 fully saturated rings. The topological polar surface area (TPSA) is 60.9 Å². The Morgan fingerprint density at radius 1 is 0.486 bits per heavy atom. The summed E-state index contributed by atoms with van der Waals surface area (Å²) in [4.78, 5) is 12.8. The van der Waals surface area contributed by atoms with Crippen molar-refractivity contribution < 1.29 is 13.9 Å². The molecule has 1 amide bonds. The summed E-state index contributed by atoms with van der Waals surface area (Å²) in [5, 5.41) is 9.73. The molecule has 5 aromatic rings. The Kier molecular flexibility index (Phi) is 6.90. The van der Waals surface area contributed by atoms with Gasteiger partial charge in [0.1, 0.15) is 14.1 Å². The van der Waals surface area contributed by atoms with Crippen molar-refractivity contribution in [2.75, 3.05) is 16.0 Å². The van der Waals surface area contributed by atoms with Crippen molar-refractivity contribution >= 4 is 34.3 Å². The van der Waals surface area contributed by atoms with E-state index in [1.54, 1.807) is 0 Å². The summed E-state index contributed by atoms with van der Waals surface area (Å²) in [6, 6.07) is 31.7. The van der Waals surface area contributed by atoms with E-state index in [1.807, 2.05) is 121 Å². The summed E-state index contributed by atoms with van der Waals surface area (Å²) < 4.78 is 3.98. The number of aromatic nitrogens is 2. The van der Waals surface area contributed by atoms with Crippen LogP contribution in [-0.4, -0.2) is 5.91 Å². The van der Waals surface area contributed by atoms with E-state index in [9.17, 15) is 4.79 Å². The minimum Gasteiger partial charge on any atom is -0.355 e. The Bertz CT molecular complexity index is 1480. The van der Waals surface area contributed by atoms with Gasteiger partial charge in [0.25, 0.3) is 5.91 Å². The van der Waals surface area contributed by atoms with Crippen LogP contribution in [0.4, 0.5) is 28.4 Å². The Balaban J connectivity index is 1.18. The Morgan fingerprint density at radius 3 is 1.30 bits per heavy atom. The van der Waals surface area contributed by atoms with Crippen LogP contribution < -0.4 is 25.1 Å². The summed E-state index contributed by atoms with van der Waals surface area (Å²) in [5.74, 6) is -0.140. The quantitative estimate of drug-likeness (QED) is 0.257. The lowest BCUT2D eigenvalue weighted by molar-refractivity contribution is -0.671. The zero-order valence-corrected chi connectivity index (χ0v) is 20.8. The number of pyridine rings is 2. The fourth-order valence-electron chi connectivity index (χ4n) is 3.90. The Morgan fingerprint density at radius 2 is 0.838 bits per heavy atom. The fraction of sp³-hybridized carbons (Fsp3) is 0.0645. The van der Waals surface area contributed by atoms with Crippen LogP contribution in [-0.2, 0) is 14.1 Å². The molecule has 0 spiro atoms. The van der Waals surface area contributed by atoms with E-state index in [2.05, 4.69) is 40.2 Å². The highest BCUT2D eigenvalue weighted by molar-refractivity contribution is 6.04. The summed E-state index contributed by atoms with van der Waals surface area (Å²) in [5.41, 5.74) is 7.52. The minimum atomic E-state index is -0.140. The monoisotopic (exact) mass is 487 g/mol. The maximum absolute atomic E-state index is 12.8. The van der Waals surface area contributed by atoms with Gasteiger partial charge in [-0.3, -0.25) is 4.79 Å². The lowest BCUT2D eigenvalue weighted by Gasteiger charge is -2.10. The van der Waals surface area contributed by atoms with Crippen LogP contribution in [0.5, 0.6) is 0 Å². The number of amides is 1. The van der Waals surface area contributed by atoms with Crippen LogP contribution in [0.2, 0.25) is 0 Å². The average molecular weight is 488 g/mol. The molecule has 0 bridgehead atoms. The predicted octanol–water partition coefficient (Wildman–Crippen LogP) is 5.74. The molecule has 0 saturated carbocycles. The van der Waals surface area contributed by atoms with Crippen molar-refractivity contribution in [2.24, 2.45) is 14.1 Å². The van der Waals surface area contributed by atoms with Crippen molar-refractivity contribution in [2.45, 2.75) is 0 Å². The van der Waals surface area contributed by atoms with Crippen LogP contribution in [0.3, 0.4) is 0 Å². The summed E-state index contributed by atoms with van der Waals surface area (Å²) in [6.07, 6.45) is 7.99. The molecule has 6 nitrogen and oxygen atoms in total. The van der Waals surface area contributed by atoms with Crippen LogP contribution in [0.25, 0.3) is 11.1 Å². The highest BCUT2D eigenvalue weighted by atomic mass is 16.1. The van der Waals surface area contributed by atoms with Crippen molar-refractivity contribution in [3.05, 3.63) is 127 Å². The van der Waals surface area contributed by atoms with Crippen LogP contribution >= 0.6 is 0 Å². The molecule has 0 radical (unpaired) electrons. The van der Waals surface area contributed by atoms with Crippen molar-refractivity contribution in [3.8, 4) is 11.1 Å². The van der Waals surface area contributed by atoms with E-state index in [0.717, 1.165) is 39.6 Å².